The van der Waals surface area contributed by atoms with Crippen LogP contribution in [-0.4, -0.2) is 38.3 Å². The lowest BCUT2D eigenvalue weighted by Gasteiger charge is -2.15. The number of ether oxygens (including phenoxy) is 1. The topological polar surface area (TPSA) is 50.4 Å². The molecule has 2 atom stereocenters. The fourth-order valence-electron chi connectivity index (χ4n) is 1.59. The fourth-order valence-corrected chi connectivity index (χ4v) is 1.59. The molecule has 1 amide bonds. The van der Waals surface area contributed by atoms with Gasteiger partial charge in [-0.3, -0.25) is 4.79 Å². The van der Waals surface area contributed by atoms with Crippen LogP contribution in [0, 0.1) is 5.92 Å². The number of nitrogens with one attached hydrogen (secondary N) is 2. The van der Waals surface area contributed by atoms with Crippen LogP contribution in [0.1, 0.15) is 20.3 Å². The standard InChI is InChI=1S/C10H20N2O2/c1-3-14-5-4-10(13)12-9-7-11-6-8(9)2/h8-9,11H,3-7H2,1-2H3,(H,12,13). The Morgan fingerprint density at radius 1 is 1.57 bits per heavy atom. The summed E-state index contributed by atoms with van der Waals surface area (Å²) in [5.74, 6) is 0.630. The highest BCUT2D eigenvalue weighted by Gasteiger charge is 2.23. The van der Waals surface area contributed by atoms with Crippen molar-refractivity contribution in [3.63, 3.8) is 0 Å². The summed E-state index contributed by atoms with van der Waals surface area (Å²) in [6.07, 6.45) is 0.469. The molecule has 1 heterocycles. The number of carbonyl (C=O) groups is 1. The molecule has 4 heteroatoms. The summed E-state index contributed by atoms with van der Waals surface area (Å²) in [5, 5.41) is 6.25. The van der Waals surface area contributed by atoms with Gasteiger partial charge in [-0.05, 0) is 19.4 Å². The molecule has 1 rings (SSSR count). The highest BCUT2D eigenvalue weighted by atomic mass is 16.5. The van der Waals surface area contributed by atoms with Gasteiger partial charge in [0.1, 0.15) is 0 Å². The normalized spacial score (nSPS) is 26.4. The monoisotopic (exact) mass is 200 g/mol. The first-order valence-corrected chi connectivity index (χ1v) is 5.32. The van der Waals surface area contributed by atoms with Gasteiger partial charge >= 0.3 is 0 Å². The maximum absolute atomic E-state index is 11.4. The predicted octanol–water partition coefficient (Wildman–Crippen LogP) is 0.137. The predicted molar refractivity (Wildman–Crippen MR) is 55.1 cm³/mol. The number of amides is 1. The Bertz CT molecular complexity index is 185. The molecule has 2 N–H and O–H groups in total. The average molecular weight is 200 g/mol. The highest BCUT2D eigenvalue weighted by Crippen LogP contribution is 2.07. The van der Waals surface area contributed by atoms with Crippen LogP contribution in [0.25, 0.3) is 0 Å². The number of rotatable bonds is 5. The van der Waals surface area contributed by atoms with Crippen molar-refractivity contribution in [2.75, 3.05) is 26.3 Å². The molecule has 4 nitrogen and oxygen atoms in total. The molecule has 1 saturated heterocycles. The zero-order valence-electron chi connectivity index (χ0n) is 9.01. The largest absolute Gasteiger partial charge is 0.381 e. The average Bonchev–Trinajstić information content (AvgIpc) is 2.52. The van der Waals surface area contributed by atoms with Gasteiger partial charge in [0.05, 0.1) is 6.61 Å². The zero-order valence-corrected chi connectivity index (χ0v) is 9.01. The van der Waals surface area contributed by atoms with Gasteiger partial charge in [-0.15, -0.1) is 0 Å². The minimum Gasteiger partial charge on any atom is -0.381 e. The SMILES string of the molecule is CCOCCC(=O)NC1CNCC1C. The molecule has 0 saturated carbocycles. The van der Waals surface area contributed by atoms with Crippen molar-refractivity contribution in [3.05, 3.63) is 0 Å². The van der Waals surface area contributed by atoms with Crippen molar-refractivity contribution >= 4 is 5.91 Å². The van der Waals surface area contributed by atoms with E-state index < -0.39 is 0 Å². The van der Waals surface area contributed by atoms with E-state index in [0.29, 0.717) is 31.6 Å². The molecule has 14 heavy (non-hydrogen) atoms. The second kappa shape index (κ2) is 5.98. The van der Waals surface area contributed by atoms with Gasteiger partial charge < -0.3 is 15.4 Å². The molecular formula is C10H20N2O2. The Hall–Kier alpha value is -0.610. The number of hydrogen-bond donors (Lipinski definition) is 2. The van der Waals surface area contributed by atoms with Crippen LogP contribution in [0.3, 0.4) is 0 Å². The quantitative estimate of drug-likeness (QED) is 0.621. The Kier molecular flexibility index (Phi) is 4.90. The van der Waals surface area contributed by atoms with E-state index in [-0.39, 0.29) is 5.91 Å². The molecule has 0 bridgehead atoms. The molecule has 2 unspecified atom stereocenters. The fraction of sp³-hybridized carbons (Fsp3) is 0.900. The third kappa shape index (κ3) is 3.64. The maximum Gasteiger partial charge on any atom is 0.222 e. The molecule has 0 radical (unpaired) electrons. The Labute approximate surface area is 85.4 Å². The third-order valence-corrected chi connectivity index (χ3v) is 2.54. The number of hydrogen-bond acceptors (Lipinski definition) is 3. The van der Waals surface area contributed by atoms with E-state index >= 15 is 0 Å². The van der Waals surface area contributed by atoms with E-state index in [2.05, 4.69) is 17.6 Å². The van der Waals surface area contributed by atoms with Crippen LogP contribution >= 0.6 is 0 Å². The minimum absolute atomic E-state index is 0.0963. The summed E-state index contributed by atoms with van der Waals surface area (Å²) in [7, 11) is 0. The third-order valence-electron chi connectivity index (χ3n) is 2.54. The second-order valence-electron chi connectivity index (χ2n) is 3.76. The Morgan fingerprint density at radius 2 is 2.36 bits per heavy atom. The van der Waals surface area contributed by atoms with Gasteiger partial charge in [-0.1, -0.05) is 6.92 Å². The lowest BCUT2D eigenvalue weighted by atomic mass is 10.1. The first kappa shape index (κ1) is 11.5. The van der Waals surface area contributed by atoms with Crippen molar-refractivity contribution in [1.82, 2.24) is 10.6 Å². The summed E-state index contributed by atoms with van der Waals surface area (Å²) in [5.41, 5.74) is 0. The van der Waals surface area contributed by atoms with Crippen LogP contribution in [0.5, 0.6) is 0 Å². The van der Waals surface area contributed by atoms with E-state index in [0.717, 1.165) is 13.1 Å². The molecule has 0 aromatic rings. The lowest BCUT2D eigenvalue weighted by molar-refractivity contribution is -0.122. The summed E-state index contributed by atoms with van der Waals surface area (Å²) >= 11 is 0. The Morgan fingerprint density at radius 3 is 2.93 bits per heavy atom. The van der Waals surface area contributed by atoms with E-state index in [4.69, 9.17) is 4.74 Å². The molecule has 1 fully saturated rings. The van der Waals surface area contributed by atoms with Crippen LogP contribution in [-0.2, 0) is 9.53 Å². The molecule has 0 aromatic carbocycles. The van der Waals surface area contributed by atoms with Gasteiger partial charge in [0.2, 0.25) is 5.91 Å². The summed E-state index contributed by atoms with van der Waals surface area (Å²) in [6, 6.07) is 0.295. The lowest BCUT2D eigenvalue weighted by Crippen LogP contribution is -2.39. The zero-order chi connectivity index (χ0) is 10.4. The number of carbonyl (C=O) groups excluding carboxylic acids is 1. The van der Waals surface area contributed by atoms with Crippen LogP contribution in [0.15, 0.2) is 0 Å². The first-order chi connectivity index (χ1) is 6.74. The van der Waals surface area contributed by atoms with Crippen molar-refractivity contribution in [2.24, 2.45) is 5.92 Å². The van der Waals surface area contributed by atoms with Crippen molar-refractivity contribution < 1.29 is 9.53 Å². The van der Waals surface area contributed by atoms with Gasteiger partial charge in [0.25, 0.3) is 0 Å². The van der Waals surface area contributed by atoms with Crippen LogP contribution < -0.4 is 10.6 Å². The van der Waals surface area contributed by atoms with Gasteiger partial charge in [-0.2, -0.15) is 0 Å². The summed E-state index contributed by atoms with van der Waals surface area (Å²) < 4.78 is 5.12. The summed E-state index contributed by atoms with van der Waals surface area (Å²) in [6.45, 7) is 7.16. The summed E-state index contributed by atoms with van der Waals surface area (Å²) in [4.78, 5) is 11.4. The highest BCUT2D eigenvalue weighted by molar-refractivity contribution is 5.76. The van der Waals surface area contributed by atoms with Crippen molar-refractivity contribution in [1.29, 1.82) is 0 Å². The molecule has 0 spiro atoms. The van der Waals surface area contributed by atoms with Crippen molar-refractivity contribution in [2.45, 2.75) is 26.3 Å². The van der Waals surface area contributed by atoms with Gasteiger partial charge in [0, 0.05) is 25.6 Å². The van der Waals surface area contributed by atoms with Crippen LogP contribution in [0.2, 0.25) is 0 Å². The second-order valence-corrected chi connectivity index (χ2v) is 3.76. The van der Waals surface area contributed by atoms with E-state index in [1.807, 2.05) is 6.92 Å². The first-order valence-electron chi connectivity index (χ1n) is 5.32. The molecular weight excluding hydrogens is 180 g/mol. The molecule has 0 aliphatic carbocycles. The van der Waals surface area contributed by atoms with Gasteiger partial charge in [-0.25, -0.2) is 0 Å². The molecule has 82 valence electrons. The molecule has 0 aromatic heterocycles. The smallest absolute Gasteiger partial charge is 0.222 e. The van der Waals surface area contributed by atoms with E-state index in [1.165, 1.54) is 0 Å². The van der Waals surface area contributed by atoms with Gasteiger partial charge in [0.15, 0.2) is 0 Å². The maximum atomic E-state index is 11.4. The minimum atomic E-state index is 0.0963. The van der Waals surface area contributed by atoms with Crippen LogP contribution in [0.4, 0.5) is 0 Å². The van der Waals surface area contributed by atoms with E-state index in [9.17, 15) is 4.79 Å². The molecule has 1 aliphatic heterocycles. The molecule has 1 aliphatic rings. The Balaban J connectivity index is 2.13. The van der Waals surface area contributed by atoms with E-state index in [1.54, 1.807) is 0 Å². The van der Waals surface area contributed by atoms with Crippen molar-refractivity contribution in [3.8, 4) is 0 Å².